The number of nitrogens with zero attached hydrogens (tertiary/aromatic N) is 5. The minimum absolute atomic E-state index is 0.0320. The van der Waals surface area contributed by atoms with E-state index in [9.17, 15) is 4.79 Å². The van der Waals surface area contributed by atoms with Crippen molar-refractivity contribution in [2.75, 3.05) is 23.3 Å². The largest absolute Gasteiger partial charge is 0.340 e. The summed E-state index contributed by atoms with van der Waals surface area (Å²) < 4.78 is 0. The second kappa shape index (κ2) is 6.42. The zero-order chi connectivity index (χ0) is 17.4. The van der Waals surface area contributed by atoms with E-state index in [0.717, 1.165) is 49.4 Å². The molecule has 0 bridgehead atoms. The third kappa shape index (κ3) is 3.62. The van der Waals surface area contributed by atoms with Crippen LogP contribution in [-0.4, -0.2) is 44.1 Å². The summed E-state index contributed by atoms with van der Waals surface area (Å²) in [6.07, 6.45) is 4.09. The lowest BCUT2D eigenvalue weighted by Gasteiger charge is -2.32. The van der Waals surface area contributed by atoms with Crippen LogP contribution in [-0.2, 0) is 4.79 Å². The lowest BCUT2D eigenvalue weighted by molar-refractivity contribution is -0.120. The molecular weight excluding hydrogens is 318 g/mol. The van der Waals surface area contributed by atoms with Crippen LogP contribution in [0, 0.1) is 19.8 Å². The van der Waals surface area contributed by atoms with Crippen LogP contribution in [0.1, 0.15) is 48.8 Å². The second-order valence-corrected chi connectivity index (χ2v) is 7.04. The minimum Gasteiger partial charge on any atom is -0.340 e. The Balaban J connectivity index is 1.41. The van der Waals surface area contributed by atoms with Gasteiger partial charge in [-0.1, -0.05) is 0 Å². The summed E-state index contributed by atoms with van der Waals surface area (Å²) in [4.78, 5) is 28.1. The van der Waals surface area contributed by atoms with E-state index in [4.69, 9.17) is 0 Å². The molecule has 2 aromatic rings. The van der Waals surface area contributed by atoms with Gasteiger partial charge in [0.15, 0.2) is 0 Å². The Morgan fingerprint density at radius 3 is 2.68 bits per heavy atom. The van der Waals surface area contributed by atoms with Crippen molar-refractivity contribution in [1.82, 2.24) is 25.1 Å². The topological polar surface area (TPSA) is 99.7 Å². The van der Waals surface area contributed by atoms with Crippen LogP contribution in [0.5, 0.6) is 0 Å². The Morgan fingerprint density at radius 2 is 1.96 bits per heavy atom. The number of nitrogens with one attached hydrogen (secondary N) is 2. The Bertz CT molecular complexity index is 763. The first-order valence-corrected chi connectivity index (χ1v) is 8.89. The fourth-order valence-corrected chi connectivity index (χ4v) is 3.30. The maximum absolute atomic E-state index is 12.6. The van der Waals surface area contributed by atoms with Gasteiger partial charge >= 0.3 is 0 Å². The second-order valence-electron chi connectivity index (χ2n) is 7.04. The number of piperidine rings is 1. The first-order valence-electron chi connectivity index (χ1n) is 8.89. The normalized spacial score (nSPS) is 20.6. The first-order chi connectivity index (χ1) is 12.1. The molecule has 25 heavy (non-hydrogen) atoms. The Kier molecular flexibility index (Phi) is 4.10. The van der Waals surface area contributed by atoms with Crippen LogP contribution < -0.4 is 10.2 Å². The van der Waals surface area contributed by atoms with Crippen LogP contribution in [0.2, 0.25) is 0 Å². The Hall–Kier alpha value is -2.51. The highest BCUT2D eigenvalue weighted by atomic mass is 16.2. The molecule has 8 heteroatoms. The molecule has 0 aromatic carbocycles. The SMILES string of the molecule is Cc1cc(C)nc(N2CCC[C@@H](C(=O)Nc3n[nH]c(C4CC4)n3)C2)n1. The fourth-order valence-electron chi connectivity index (χ4n) is 3.30. The monoisotopic (exact) mass is 341 g/mol. The smallest absolute Gasteiger partial charge is 0.248 e. The number of carbonyl (C=O) groups is 1. The van der Waals surface area contributed by atoms with Crippen LogP contribution >= 0.6 is 0 Å². The van der Waals surface area contributed by atoms with E-state index in [2.05, 4.69) is 35.4 Å². The number of H-pyrrole nitrogens is 1. The molecule has 2 aliphatic rings. The first kappa shape index (κ1) is 16.0. The van der Waals surface area contributed by atoms with Crippen molar-refractivity contribution in [2.24, 2.45) is 5.92 Å². The zero-order valence-corrected chi connectivity index (χ0v) is 14.6. The molecule has 0 unspecified atom stereocenters. The maximum Gasteiger partial charge on any atom is 0.248 e. The molecule has 8 nitrogen and oxygen atoms in total. The number of amides is 1. The van der Waals surface area contributed by atoms with Crippen molar-refractivity contribution < 1.29 is 4.79 Å². The van der Waals surface area contributed by atoms with Gasteiger partial charge in [0, 0.05) is 30.4 Å². The van der Waals surface area contributed by atoms with E-state index in [0.29, 0.717) is 24.4 Å². The lowest BCUT2D eigenvalue weighted by atomic mass is 9.97. The summed E-state index contributed by atoms with van der Waals surface area (Å²) >= 11 is 0. The van der Waals surface area contributed by atoms with E-state index in [-0.39, 0.29) is 11.8 Å². The molecular formula is C17H23N7O. The van der Waals surface area contributed by atoms with Gasteiger partial charge in [-0.15, -0.1) is 5.10 Å². The molecule has 132 valence electrons. The molecule has 1 saturated carbocycles. The molecule has 2 fully saturated rings. The molecule has 1 aliphatic heterocycles. The van der Waals surface area contributed by atoms with Crippen molar-refractivity contribution in [2.45, 2.75) is 45.4 Å². The van der Waals surface area contributed by atoms with Gasteiger partial charge in [0.25, 0.3) is 0 Å². The van der Waals surface area contributed by atoms with E-state index in [1.807, 2.05) is 19.9 Å². The van der Waals surface area contributed by atoms with E-state index < -0.39 is 0 Å². The van der Waals surface area contributed by atoms with Gasteiger partial charge in [-0.25, -0.2) is 9.97 Å². The highest BCUT2D eigenvalue weighted by Gasteiger charge is 2.30. The maximum atomic E-state index is 12.6. The van der Waals surface area contributed by atoms with E-state index >= 15 is 0 Å². The van der Waals surface area contributed by atoms with Gasteiger partial charge in [0.2, 0.25) is 17.8 Å². The third-order valence-corrected chi connectivity index (χ3v) is 4.75. The zero-order valence-electron chi connectivity index (χ0n) is 14.6. The molecule has 0 spiro atoms. The highest BCUT2D eigenvalue weighted by Crippen LogP contribution is 2.38. The van der Waals surface area contributed by atoms with Crippen LogP contribution in [0.15, 0.2) is 6.07 Å². The summed E-state index contributed by atoms with van der Waals surface area (Å²) in [5, 5.41) is 9.87. The molecule has 0 radical (unpaired) electrons. The van der Waals surface area contributed by atoms with Gasteiger partial charge in [-0.2, -0.15) is 4.98 Å². The van der Waals surface area contributed by atoms with Crippen molar-refractivity contribution in [3.63, 3.8) is 0 Å². The number of aromatic nitrogens is 5. The Morgan fingerprint density at radius 1 is 1.20 bits per heavy atom. The van der Waals surface area contributed by atoms with Crippen molar-refractivity contribution in [1.29, 1.82) is 0 Å². The molecule has 2 N–H and O–H groups in total. The van der Waals surface area contributed by atoms with E-state index in [1.54, 1.807) is 0 Å². The van der Waals surface area contributed by atoms with E-state index in [1.165, 1.54) is 0 Å². The molecule has 3 heterocycles. The number of anilines is 2. The van der Waals surface area contributed by atoms with Gasteiger partial charge in [-0.3, -0.25) is 15.2 Å². The summed E-state index contributed by atoms with van der Waals surface area (Å²) in [5.41, 5.74) is 1.89. The summed E-state index contributed by atoms with van der Waals surface area (Å²) in [6, 6.07) is 1.96. The van der Waals surface area contributed by atoms with Crippen LogP contribution in [0.25, 0.3) is 0 Å². The third-order valence-electron chi connectivity index (χ3n) is 4.75. The predicted octanol–water partition coefficient (Wildman–Crippen LogP) is 1.94. The van der Waals surface area contributed by atoms with Crippen molar-refractivity contribution in [3.05, 3.63) is 23.3 Å². The molecule has 1 amide bonds. The number of aromatic amines is 1. The average Bonchev–Trinajstić information content (AvgIpc) is 3.34. The molecule has 1 aliphatic carbocycles. The van der Waals surface area contributed by atoms with Crippen molar-refractivity contribution in [3.8, 4) is 0 Å². The molecule has 4 rings (SSSR count). The fraction of sp³-hybridized carbons (Fsp3) is 0.588. The number of hydrogen-bond donors (Lipinski definition) is 2. The van der Waals surface area contributed by atoms with Crippen LogP contribution in [0.3, 0.4) is 0 Å². The van der Waals surface area contributed by atoms with Gasteiger partial charge < -0.3 is 4.90 Å². The minimum atomic E-state index is -0.110. The summed E-state index contributed by atoms with van der Waals surface area (Å²) in [6.45, 7) is 5.42. The number of aryl methyl sites for hydroxylation is 2. The van der Waals surface area contributed by atoms with Gasteiger partial charge in [-0.05, 0) is 45.6 Å². The summed E-state index contributed by atoms with van der Waals surface area (Å²) in [7, 11) is 0. The van der Waals surface area contributed by atoms with Gasteiger partial charge in [0.05, 0.1) is 5.92 Å². The average molecular weight is 341 g/mol. The number of hydrogen-bond acceptors (Lipinski definition) is 6. The number of rotatable bonds is 4. The number of carbonyl (C=O) groups excluding carboxylic acids is 1. The molecule has 2 aromatic heterocycles. The molecule has 1 saturated heterocycles. The highest BCUT2D eigenvalue weighted by molar-refractivity contribution is 5.91. The molecule has 1 atom stereocenters. The standard InChI is InChI=1S/C17H23N7O/c1-10-8-11(2)19-17(18-10)24-7-3-4-13(9-24)15(25)21-16-20-14(22-23-16)12-5-6-12/h8,12-13H,3-7,9H2,1-2H3,(H2,20,21,22,23,25)/t13-/m1/s1. The van der Waals surface area contributed by atoms with Crippen molar-refractivity contribution >= 4 is 17.8 Å². The summed E-state index contributed by atoms with van der Waals surface area (Å²) in [5.74, 6) is 2.32. The lowest BCUT2D eigenvalue weighted by Crippen LogP contribution is -2.41. The Labute approximate surface area is 146 Å². The van der Waals surface area contributed by atoms with Crippen LogP contribution in [0.4, 0.5) is 11.9 Å². The quantitative estimate of drug-likeness (QED) is 0.881. The predicted molar refractivity (Wildman–Crippen MR) is 93.4 cm³/mol. The van der Waals surface area contributed by atoms with Gasteiger partial charge in [0.1, 0.15) is 5.82 Å².